The van der Waals surface area contributed by atoms with Crippen LogP contribution in [0.25, 0.3) is 0 Å². The molecule has 0 heterocycles. The zero-order valence-corrected chi connectivity index (χ0v) is 14.5. The minimum absolute atomic E-state index is 0.0485. The highest BCUT2D eigenvalue weighted by atomic mass is 16.2. The molecule has 1 aromatic carbocycles. The van der Waals surface area contributed by atoms with Gasteiger partial charge in [-0.2, -0.15) is 0 Å². The maximum Gasteiger partial charge on any atom is 0.322 e. The van der Waals surface area contributed by atoms with Crippen molar-refractivity contribution < 1.29 is 4.79 Å². The normalized spacial score (nSPS) is 16.4. The average molecular weight is 302 g/mol. The fourth-order valence-electron chi connectivity index (χ4n) is 3.19. The van der Waals surface area contributed by atoms with Gasteiger partial charge in [0.25, 0.3) is 0 Å². The number of nitrogens with zero attached hydrogens (tertiary/aromatic N) is 1. The number of carbonyl (C=O) groups excluding carboxylic acids is 1. The van der Waals surface area contributed by atoms with Crippen molar-refractivity contribution in [3.63, 3.8) is 0 Å². The number of hydrogen-bond donors (Lipinski definition) is 1. The molecular weight excluding hydrogens is 272 g/mol. The quantitative estimate of drug-likeness (QED) is 0.817. The molecule has 1 aliphatic carbocycles. The largest absolute Gasteiger partial charge is 0.322 e. The number of rotatable bonds is 3. The summed E-state index contributed by atoms with van der Waals surface area (Å²) in [5.41, 5.74) is 2.17. The zero-order chi connectivity index (χ0) is 16.2. The number of carbonyl (C=O) groups is 1. The molecule has 0 bridgehead atoms. The first-order valence-corrected chi connectivity index (χ1v) is 8.49. The van der Waals surface area contributed by atoms with Gasteiger partial charge in [0.1, 0.15) is 0 Å². The van der Waals surface area contributed by atoms with E-state index in [0.29, 0.717) is 6.04 Å². The predicted octanol–water partition coefficient (Wildman–Crippen LogP) is 5.21. The van der Waals surface area contributed by atoms with Crippen LogP contribution in [0.15, 0.2) is 24.3 Å². The van der Waals surface area contributed by atoms with Gasteiger partial charge in [-0.15, -0.1) is 0 Å². The number of amides is 2. The summed E-state index contributed by atoms with van der Waals surface area (Å²) in [6.45, 7) is 9.44. The molecule has 1 N–H and O–H groups in total. The zero-order valence-electron chi connectivity index (χ0n) is 14.5. The monoisotopic (exact) mass is 302 g/mol. The summed E-state index contributed by atoms with van der Waals surface area (Å²) in [6.07, 6.45) is 6.06. The van der Waals surface area contributed by atoms with Crippen molar-refractivity contribution in [1.82, 2.24) is 4.90 Å². The van der Waals surface area contributed by atoms with Crippen LogP contribution in [0, 0.1) is 12.3 Å². The first-order valence-electron chi connectivity index (χ1n) is 8.49. The van der Waals surface area contributed by atoms with Gasteiger partial charge in [-0.05, 0) is 42.9 Å². The standard InChI is InChI=1S/C19H30N2O/c1-15-9-8-10-16(13-15)20-18(22)21(14-19(2,3)4)17-11-6-5-7-12-17/h8-10,13,17H,5-7,11-12,14H2,1-4H3,(H,20,22). The van der Waals surface area contributed by atoms with E-state index >= 15 is 0 Å². The van der Waals surface area contributed by atoms with Gasteiger partial charge in [0.05, 0.1) is 0 Å². The van der Waals surface area contributed by atoms with E-state index in [1.165, 1.54) is 19.3 Å². The third-order valence-electron chi connectivity index (χ3n) is 4.19. The highest BCUT2D eigenvalue weighted by molar-refractivity contribution is 5.89. The Hall–Kier alpha value is -1.51. The Kier molecular flexibility index (Phi) is 5.49. The molecule has 0 spiro atoms. The fraction of sp³-hybridized carbons (Fsp3) is 0.632. The van der Waals surface area contributed by atoms with Crippen LogP contribution in [-0.2, 0) is 0 Å². The molecule has 0 radical (unpaired) electrons. The van der Waals surface area contributed by atoms with E-state index in [-0.39, 0.29) is 11.4 Å². The molecule has 1 saturated carbocycles. The number of aryl methyl sites for hydroxylation is 1. The summed E-state index contributed by atoms with van der Waals surface area (Å²) in [7, 11) is 0. The second kappa shape index (κ2) is 7.17. The molecule has 1 fully saturated rings. The van der Waals surface area contributed by atoms with Gasteiger partial charge < -0.3 is 10.2 Å². The van der Waals surface area contributed by atoms with E-state index in [9.17, 15) is 4.79 Å². The van der Waals surface area contributed by atoms with Crippen molar-refractivity contribution in [2.24, 2.45) is 5.41 Å². The molecule has 1 aliphatic rings. The van der Waals surface area contributed by atoms with Crippen LogP contribution in [0.1, 0.15) is 58.4 Å². The maximum absolute atomic E-state index is 12.8. The van der Waals surface area contributed by atoms with E-state index < -0.39 is 0 Å². The van der Waals surface area contributed by atoms with Gasteiger partial charge in [-0.1, -0.05) is 52.2 Å². The number of hydrogen-bond acceptors (Lipinski definition) is 1. The number of benzene rings is 1. The number of nitrogens with one attached hydrogen (secondary N) is 1. The SMILES string of the molecule is Cc1cccc(NC(=O)N(CC(C)(C)C)C2CCCCC2)c1. The molecule has 22 heavy (non-hydrogen) atoms. The number of anilines is 1. The second-order valence-corrected chi connectivity index (χ2v) is 7.78. The highest BCUT2D eigenvalue weighted by Crippen LogP contribution is 2.27. The van der Waals surface area contributed by atoms with Gasteiger partial charge in [0.15, 0.2) is 0 Å². The lowest BCUT2D eigenvalue weighted by atomic mass is 9.90. The summed E-state index contributed by atoms with van der Waals surface area (Å²) < 4.78 is 0. The van der Waals surface area contributed by atoms with E-state index in [0.717, 1.165) is 30.6 Å². The van der Waals surface area contributed by atoms with Crippen LogP contribution in [0.2, 0.25) is 0 Å². The Balaban J connectivity index is 2.10. The van der Waals surface area contributed by atoms with Crippen LogP contribution in [0.3, 0.4) is 0 Å². The number of urea groups is 1. The summed E-state index contributed by atoms with van der Waals surface area (Å²) >= 11 is 0. The van der Waals surface area contributed by atoms with Crippen LogP contribution in [-0.4, -0.2) is 23.5 Å². The Morgan fingerprint density at radius 1 is 1.23 bits per heavy atom. The van der Waals surface area contributed by atoms with Crippen LogP contribution in [0.5, 0.6) is 0 Å². The summed E-state index contributed by atoms with van der Waals surface area (Å²) in [5, 5.41) is 3.09. The molecule has 3 heteroatoms. The lowest BCUT2D eigenvalue weighted by Gasteiger charge is -2.38. The van der Waals surface area contributed by atoms with Gasteiger partial charge in [0.2, 0.25) is 0 Å². The first kappa shape index (κ1) is 16.9. The lowest BCUT2D eigenvalue weighted by molar-refractivity contribution is 0.136. The van der Waals surface area contributed by atoms with E-state index in [4.69, 9.17) is 0 Å². The van der Waals surface area contributed by atoms with Crippen molar-refractivity contribution >= 4 is 11.7 Å². The minimum Gasteiger partial charge on any atom is -0.321 e. The molecule has 0 atom stereocenters. The topological polar surface area (TPSA) is 32.3 Å². The molecule has 0 aliphatic heterocycles. The fourth-order valence-corrected chi connectivity index (χ4v) is 3.19. The van der Waals surface area contributed by atoms with Crippen molar-refractivity contribution in [3.8, 4) is 0 Å². The molecule has 122 valence electrons. The first-order chi connectivity index (χ1) is 10.3. The van der Waals surface area contributed by atoms with Crippen LogP contribution < -0.4 is 5.32 Å². The van der Waals surface area contributed by atoms with Gasteiger partial charge >= 0.3 is 6.03 Å². The Morgan fingerprint density at radius 3 is 2.50 bits per heavy atom. The van der Waals surface area contributed by atoms with Crippen molar-refractivity contribution in [2.75, 3.05) is 11.9 Å². The van der Waals surface area contributed by atoms with E-state index in [1.54, 1.807) is 0 Å². The molecule has 1 aromatic rings. The van der Waals surface area contributed by atoms with Gasteiger partial charge in [-0.3, -0.25) is 0 Å². The Labute approximate surface area is 135 Å². The average Bonchev–Trinajstić information content (AvgIpc) is 2.45. The van der Waals surface area contributed by atoms with Crippen molar-refractivity contribution in [3.05, 3.63) is 29.8 Å². The molecular formula is C19H30N2O. The lowest BCUT2D eigenvalue weighted by Crippen LogP contribution is -2.47. The summed E-state index contributed by atoms with van der Waals surface area (Å²) in [5.74, 6) is 0. The van der Waals surface area contributed by atoms with Crippen LogP contribution >= 0.6 is 0 Å². The van der Waals surface area contributed by atoms with E-state index in [2.05, 4.69) is 31.0 Å². The molecule has 0 aromatic heterocycles. The maximum atomic E-state index is 12.8. The Bertz CT molecular complexity index is 498. The third kappa shape index (κ3) is 5.04. The molecule has 3 nitrogen and oxygen atoms in total. The van der Waals surface area contributed by atoms with Crippen molar-refractivity contribution in [1.29, 1.82) is 0 Å². The van der Waals surface area contributed by atoms with Crippen molar-refractivity contribution in [2.45, 2.75) is 65.8 Å². The molecule has 2 amide bonds. The van der Waals surface area contributed by atoms with Crippen LogP contribution in [0.4, 0.5) is 10.5 Å². The summed E-state index contributed by atoms with van der Waals surface area (Å²) in [4.78, 5) is 14.9. The summed E-state index contributed by atoms with van der Waals surface area (Å²) in [6, 6.07) is 8.45. The predicted molar refractivity (Wildman–Crippen MR) is 93.2 cm³/mol. The molecule has 2 rings (SSSR count). The van der Waals surface area contributed by atoms with Gasteiger partial charge in [-0.25, -0.2) is 4.79 Å². The minimum atomic E-state index is 0.0485. The second-order valence-electron chi connectivity index (χ2n) is 7.78. The van der Waals surface area contributed by atoms with E-state index in [1.807, 2.05) is 31.2 Å². The smallest absolute Gasteiger partial charge is 0.321 e. The highest BCUT2D eigenvalue weighted by Gasteiger charge is 2.29. The third-order valence-corrected chi connectivity index (χ3v) is 4.19. The molecule has 0 saturated heterocycles. The molecule has 0 unspecified atom stereocenters. The Morgan fingerprint density at radius 2 is 1.91 bits per heavy atom. The van der Waals surface area contributed by atoms with Gasteiger partial charge in [0, 0.05) is 18.3 Å².